The first-order valence-electron chi connectivity index (χ1n) is 5.31. The number of carbonyl (C=O) groups is 1. The van der Waals surface area contributed by atoms with Crippen molar-refractivity contribution in [2.24, 2.45) is 5.73 Å². The fourth-order valence-corrected chi connectivity index (χ4v) is 1.46. The molecule has 0 radical (unpaired) electrons. The maximum Gasteiger partial charge on any atom is 0.323 e. The van der Waals surface area contributed by atoms with Gasteiger partial charge in [0.2, 0.25) is 0 Å². The van der Waals surface area contributed by atoms with E-state index in [2.05, 4.69) is 0 Å². The van der Waals surface area contributed by atoms with Crippen molar-refractivity contribution in [3.05, 3.63) is 0 Å². The Labute approximate surface area is 90.6 Å². The summed E-state index contributed by atoms with van der Waals surface area (Å²) in [5.41, 5.74) is 4.51. The molecule has 0 saturated carbocycles. The van der Waals surface area contributed by atoms with Gasteiger partial charge in [0.05, 0.1) is 0 Å². The molecule has 0 spiro atoms. The topological polar surface area (TPSA) is 104 Å². The molecule has 0 fully saturated rings. The highest BCUT2D eigenvalue weighted by Crippen LogP contribution is 2.18. The fourth-order valence-electron chi connectivity index (χ4n) is 1.46. The second-order valence-electron chi connectivity index (χ2n) is 3.82. The van der Waals surface area contributed by atoms with Crippen LogP contribution in [0.5, 0.6) is 0 Å². The van der Waals surface area contributed by atoms with Crippen molar-refractivity contribution < 1.29 is 20.0 Å². The lowest BCUT2D eigenvalue weighted by molar-refractivity contribution is -0.144. The van der Waals surface area contributed by atoms with Crippen LogP contribution in [0, 0.1) is 0 Å². The molecule has 0 saturated heterocycles. The van der Waals surface area contributed by atoms with Gasteiger partial charge < -0.3 is 21.0 Å². The van der Waals surface area contributed by atoms with E-state index in [0.29, 0.717) is 25.6 Å². The van der Waals surface area contributed by atoms with E-state index in [4.69, 9.17) is 21.0 Å². The number of rotatable bonds is 9. The fraction of sp³-hybridized carbons (Fsp3) is 0.889. The summed E-state index contributed by atoms with van der Waals surface area (Å²) in [4.78, 5) is 10.9. The van der Waals surface area contributed by atoms with Gasteiger partial charge in [-0.25, -0.2) is 0 Å². The Morgan fingerprint density at radius 3 is 2.33 bits per heavy atom. The van der Waals surface area contributed by atoms with Gasteiger partial charge in [-0.3, -0.25) is 4.79 Å². The maximum absolute atomic E-state index is 10.9. The third kappa shape index (κ3) is 5.76. The van der Waals surface area contributed by atoms with Crippen molar-refractivity contribution in [2.75, 3.05) is 6.61 Å². The smallest absolute Gasteiger partial charge is 0.323 e. The van der Waals surface area contributed by atoms with Gasteiger partial charge in [0.15, 0.2) is 0 Å². The molecule has 0 rings (SSSR count). The molecule has 1 unspecified atom stereocenters. The molecule has 0 aromatic carbocycles. The number of carboxylic acid groups (broad SMARTS) is 1. The van der Waals surface area contributed by atoms with E-state index < -0.39 is 11.5 Å². The number of aliphatic carboxylic acids is 1. The predicted octanol–water partition coefficient (Wildman–Crippen LogP) is -0.527. The normalized spacial score (nSPS) is 14.6. The zero-order valence-corrected chi connectivity index (χ0v) is 8.98. The van der Waals surface area contributed by atoms with Gasteiger partial charge in [-0.1, -0.05) is 19.2 Å². The Morgan fingerprint density at radius 1 is 1.27 bits per heavy atom. The Hall–Kier alpha value is -0.585. The number of aliphatic hydroxyl groups excluding tert-OH is 1. The molecule has 0 aromatic heterocycles. The molecule has 1 atom stereocenters. The summed E-state index contributed by atoms with van der Waals surface area (Å²) in [7, 11) is 0.126. The zero-order chi connectivity index (χ0) is 11.7. The largest absolute Gasteiger partial charge is 0.480 e. The minimum absolute atomic E-state index is 0.0388. The van der Waals surface area contributed by atoms with Crippen LogP contribution in [0.4, 0.5) is 0 Å². The van der Waals surface area contributed by atoms with Crippen LogP contribution in [-0.4, -0.2) is 40.8 Å². The number of nitrogens with two attached hydrogens (primary N) is 1. The van der Waals surface area contributed by atoms with Crippen LogP contribution in [0.2, 0.25) is 6.32 Å². The minimum atomic E-state index is -1.22. The Balaban J connectivity index is 3.96. The second kappa shape index (κ2) is 7.67. The maximum atomic E-state index is 10.9. The predicted molar refractivity (Wildman–Crippen MR) is 58.9 cm³/mol. The number of hydrogen-bond acceptors (Lipinski definition) is 4. The molecular formula is C9H20BNO4. The van der Waals surface area contributed by atoms with Gasteiger partial charge >= 0.3 is 5.97 Å². The standard InChI is InChI=1S/C9H20BNO4/c11-9(8(13)14,5-3-7-12)4-1-2-6-10-15/h10,12,15H,1-7,11H2,(H,13,14). The molecule has 88 valence electrons. The van der Waals surface area contributed by atoms with Crippen LogP contribution >= 0.6 is 0 Å². The highest BCUT2D eigenvalue weighted by atomic mass is 16.4. The minimum Gasteiger partial charge on any atom is -0.480 e. The van der Waals surface area contributed by atoms with E-state index in [1.54, 1.807) is 0 Å². The molecule has 5 N–H and O–H groups in total. The van der Waals surface area contributed by atoms with Crippen molar-refractivity contribution in [2.45, 2.75) is 44.0 Å². The highest BCUT2D eigenvalue weighted by Gasteiger charge is 2.32. The van der Waals surface area contributed by atoms with Crippen molar-refractivity contribution in [3.8, 4) is 0 Å². The highest BCUT2D eigenvalue weighted by molar-refractivity contribution is 6.25. The molecule has 0 aliphatic heterocycles. The van der Waals surface area contributed by atoms with E-state index >= 15 is 0 Å². The molecule has 0 amide bonds. The quantitative estimate of drug-likeness (QED) is 0.307. The SMILES string of the molecule is NC(CCCO)(CCCCBO)C(=O)O. The van der Waals surface area contributed by atoms with Gasteiger partial charge in [0.1, 0.15) is 5.54 Å². The molecule has 6 heteroatoms. The van der Waals surface area contributed by atoms with E-state index in [0.717, 1.165) is 6.42 Å². The average molecular weight is 217 g/mol. The molecule has 15 heavy (non-hydrogen) atoms. The van der Waals surface area contributed by atoms with Gasteiger partial charge in [-0.2, -0.15) is 0 Å². The molecule has 0 aliphatic rings. The molecule has 5 nitrogen and oxygen atoms in total. The van der Waals surface area contributed by atoms with Crippen LogP contribution in [-0.2, 0) is 4.79 Å². The third-order valence-corrected chi connectivity index (χ3v) is 2.49. The first kappa shape index (κ1) is 14.4. The van der Waals surface area contributed by atoms with Gasteiger partial charge in [-0.05, 0) is 19.3 Å². The monoisotopic (exact) mass is 217 g/mol. The van der Waals surface area contributed by atoms with Gasteiger partial charge in [-0.15, -0.1) is 0 Å². The van der Waals surface area contributed by atoms with E-state index in [1.807, 2.05) is 0 Å². The van der Waals surface area contributed by atoms with E-state index in [-0.39, 0.29) is 20.5 Å². The first-order chi connectivity index (χ1) is 7.06. The summed E-state index contributed by atoms with van der Waals surface area (Å²) < 4.78 is 0. The summed E-state index contributed by atoms with van der Waals surface area (Å²) in [5, 5.41) is 26.2. The van der Waals surface area contributed by atoms with Crippen LogP contribution < -0.4 is 5.73 Å². The Morgan fingerprint density at radius 2 is 1.87 bits per heavy atom. The van der Waals surface area contributed by atoms with Gasteiger partial charge in [0.25, 0.3) is 7.48 Å². The molecular weight excluding hydrogens is 197 g/mol. The summed E-state index contributed by atoms with van der Waals surface area (Å²) in [6.45, 7) is -0.0388. The Kier molecular flexibility index (Phi) is 7.37. The van der Waals surface area contributed by atoms with Gasteiger partial charge in [0, 0.05) is 6.61 Å². The van der Waals surface area contributed by atoms with E-state index in [9.17, 15) is 4.79 Å². The second-order valence-corrected chi connectivity index (χ2v) is 3.82. The molecule has 0 bridgehead atoms. The number of hydrogen-bond donors (Lipinski definition) is 4. The summed E-state index contributed by atoms with van der Waals surface area (Å²) in [6, 6.07) is 0. The lowest BCUT2D eigenvalue weighted by Crippen LogP contribution is -2.48. The Bertz CT molecular complexity index is 191. The average Bonchev–Trinajstić information content (AvgIpc) is 2.21. The van der Waals surface area contributed by atoms with Crippen LogP contribution in [0.1, 0.15) is 32.1 Å². The first-order valence-corrected chi connectivity index (χ1v) is 5.31. The summed E-state index contributed by atoms with van der Waals surface area (Å²) in [6.07, 6.45) is 3.23. The van der Waals surface area contributed by atoms with Crippen LogP contribution in [0.25, 0.3) is 0 Å². The lowest BCUT2D eigenvalue weighted by Gasteiger charge is -2.24. The number of carboxylic acids is 1. The summed E-state index contributed by atoms with van der Waals surface area (Å²) >= 11 is 0. The molecule has 0 aromatic rings. The summed E-state index contributed by atoms with van der Waals surface area (Å²) in [5.74, 6) is -1.01. The van der Waals surface area contributed by atoms with Crippen molar-refractivity contribution in [1.29, 1.82) is 0 Å². The van der Waals surface area contributed by atoms with Crippen LogP contribution in [0.15, 0.2) is 0 Å². The van der Waals surface area contributed by atoms with E-state index in [1.165, 1.54) is 0 Å². The third-order valence-electron chi connectivity index (χ3n) is 2.49. The molecule has 0 aliphatic carbocycles. The lowest BCUT2D eigenvalue weighted by atomic mass is 9.85. The van der Waals surface area contributed by atoms with Crippen LogP contribution in [0.3, 0.4) is 0 Å². The number of aliphatic hydroxyl groups is 1. The zero-order valence-electron chi connectivity index (χ0n) is 8.98. The van der Waals surface area contributed by atoms with Crippen molar-refractivity contribution in [1.82, 2.24) is 0 Å². The number of unbranched alkanes of at least 4 members (excludes halogenated alkanes) is 1. The van der Waals surface area contributed by atoms with Crippen molar-refractivity contribution >= 4 is 13.5 Å². The molecule has 0 heterocycles. The van der Waals surface area contributed by atoms with Crippen molar-refractivity contribution in [3.63, 3.8) is 0 Å².